The monoisotopic (exact) mass is 550 g/mol. The highest BCUT2D eigenvalue weighted by Crippen LogP contribution is 2.31. The molecule has 1 fully saturated rings. The van der Waals surface area contributed by atoms with Crippen molar-refractivity contribution in [3.63, 3.8) is 0 Å². The zero-order valence-electron chi connectivity index (χ0n) is 22.9. The third kappa shape index (κ3) is 6.64. The number of hydrogen-bond acceptors (Lipinski definition) is 4. The van der Waals surface area contributed by atoms with E-state index in [2.05, 4.69) is 60.4 Å². The lowest BCUT2D eigenvalue weighted by Gasteiger charge is -2.16. The molecular weight excluding hydrogens is 518 g/mol. The van der Waals surface area contributed by atoms with Crippen LogP contribution in [-0.4, -0.2) is 33.9 Å². The van der Waals surface area contributed by atoms with Crippen molar-refractivity contribution in [3.8, 4) is 22.5 Å². The van der Waals surface area contributed by atoms with E-state index in [0.717, 1.165) is 64.2 Å². The number of hydrogen-bond donors (Lipinski definition) is 1. The van der Waals surface area contributed by atoms with Gasteiger partial charge in [-0.05, 0) is 48.7 Å². The van der Waals surface area contributed by atoms with Gasteiger partial charge in [0.25, 0.3) is 5.91 Å². The largest absolute Gasteiger partial charge is 0.365 e. The summed E-state index contributed by atoms with van der Waals surface area (Å²) in [7, 11) is 0. The molecule has 1 aliphatic rings. The molecule has 4 aromatic carbocycles. The molecule has 2 N–H and O–H groups in total. The van der Waals surface area contributed by atoms with E-state index in [1.165, 1.54) is 31.5 Å². The minimum absolute atomic E-state index is 0.687. The molecule has 0 radical (unpaired) electrons. The molecule has 41 heavy (non-hydrogen) atoms. The lowest BCUT2D eigenvalue weighted by Crippen LogP contribution is -2.19. The van der Waals surface area contributed by atoms with Gasteiger partial charge in [0.1, 0.15) is 17.2 Å². The highest BCUT2D eigenvalue weighted by Gasteiger charge is 2.21. The first-order chi connectivity index (χ1) is 19.9. The van der Waals surface area contributed by atoms with Gasteiger partial charge in [0.05, 0.1) is 22.4 Å². The van der Waals surface area contributed by atoms with Gasteiger partial charge < -0.3 is 5.73 Å². The first-order valence-corrected chi connectivity index (χ1v) is 13.8. The summed E-state index contributed by atoms with van der Waals surface area (Å²) in [5, 5.41) is 0. The first kappa shape index (κ1) is 28.1. The second-order valence-electron chi connectivity index (χ2n) is 10.2. The normalized spacial score (nSPS) is 15.0. The van der Waals surface area contributed by atoms with E-state index in [4.69, 9.17) is 15.7 Å². The number of halogens is 2. The van der Waals surface area contributed by atoms with Crippen LogP contribution in [0.2, 0.25) is 0 Å². The van der Waals surface area contributed by atoms with E-state index in [1.54, 1.807) is 0 Å². The number of fused-ring (bicyclic) bond motifs is 1. The smallest absolute Gasteiger partial charge is 0.254 e. The number of rotatable bonds is 6. The molecule has 7 heteroatoms. The quantitative estimate of drug-likeness (QED) is 0.242. The molecular formula is C34H32F2N4O. The summed E-state index contributed by atoms with van der Waals surface area (Å²) in [5.41, 5.74) is 11.3. The van der Waals surface area contributed by atoms with Crippen LogP contribution in [0.5, 0.6) is 0 Å². The maximum Gasteiger partial charge on any atom is 0.254 e. The molecule has 5 nitrogen and oxygen atoms in total. The highest BCUT2D eigenvalue weighted by atomic mass is 19.1. The molecule has 208 valence electrons. The maximum atomic E-state index is 12.6. The molecule has 0 bridgehead atoms. The number of aromatic nitrogens is 2. The zero-order chi connectivity index (χ0) is 28.8. The van der Waals surface area contributed by atoms with Crippen LogP contribution in [0.15, 0.2) is 97.1 Å². The van der Waals surface area contributed by atoms with Crippen LogP contribution < -0.4 is 5.73 Å². The fraction of sp³-hybridized carbons (Fsp3) is 0.206. The number of nitrogens with two attached hydrogens (primary N) is 1. The molecule has 1 amide bonds. The van der Waals surface area contributed by atoms with E-state index >= 15 is 0 Å². The number of carbonyl (C=O) groups excluding carboxylic acids is 1. The Kier molecular flexibility index (Phi) is 8.75. The molecule has 1 aliphatic heterocycles. The topological polar surface area (TPSA) is 72.1 Å². The highest BCUT2D eigenvalue weighted by molar-refractivity contribution is 5.93. The number of likely N-dealkylation sites (tertiary alicyclic amines) is 1. The maximum absolute atomic E-state index is 12.6. The van der Waals surface area contributed by atoms with E-state index in [0.29, 0.717) is 0 Å². The van der Waals surface area contributed by atoms with Crippen LogP contribution in [0.4, 0.5) is 8.78 Å². The second kappa shape index (κ2) is 12.8. The van der Waals surface area contributed by atoms with Crippen LogP contribution in [0.1, 0.15) is 35.7 Å². The Labute approximate surface area is 238 Å². The molecule has 1 aromatic heterocycles. The minimum Gasteiger partial charge on any atom is -0.365 e. The van der Waals surface area contributed by atoms with E-state index in [9.17, 15) is 13.6 Å². The average Bonchev–Trinajstić information content (AvgIpc) is 3.45. The summed E-state index contributed by atoms with van der Waals surface area (Å²) in [4.78, 5) is 22.9. The SMILES string of the molecule is CC[C@@H]1CCN(Cc2ccc(-c3nc4ccccc4nc3-c3ccccc3)cc2)C1.NC(=O)c1c(F)cccc1F. The first-order valence-electron chi connectivity index (χ1n) is 13.8. The van der Waals surface area contributed by atoms with Gasteiger partial charge in [0.2, 0.25) is 0 Å². The number of para-hydroxylation sites is 2. The predicted octanol–water partition coefficient (Wildman–Crippen LogP) is 7.26. The number of amides is 1. The van der Waals surface area contributed by atoms with Gasteiger partial charge in [-0.2, -0.15) is 0 Å². The standard InChI is InChI=1S/C27H27N3.C7H5F2NO/c1-2-20-16-17-30(18-20)19-21-12-14-23(15-13-21)27-26(22-8-4-3-5-9-22)28-24-10-6-7-11-25(24)29-27;8-4-2-1-3-5(9)6(4)7(10)11/h3-15,20H,2,16-19H2,1H3;1-3H,(H2,10,11)/t20-;/m1./s1. The Hall–Kier alpha value is -4.49. The Morgan fingerprint density at radius 2 is 1.37 bits per heavy atom. The van der Waals surface area contributed by atoms with Gasteiger partial charge in [0, 0.05) is 24.2 Å². The third-order valence-electron chi connectivity index (χ3n) is 7.41. The van der Waals surface area contributed by atoms with Crippen molar-refractivity contribution in [1.29, 1.82) is 0 Å². The van der Waals surface area contributed by atoms with Crippen molar-refractivity contribution in [2.75, 3.05) is 13.1 Å². The van der Waals surface area contributed by atoms with Crippen molar-refractivity contribution in [1.82, 2.24) is 14.9 Å². The lowest BCUT2D eigenvalue weighted by molar-refractivity contribution is 0.0992. The predicted molar refractivity (Wildman–Crippen MR) is 159 cm³/mol. The molecule has 0 spiro atoms. The molecule has 0 saturated carbocycles. The lowest BCUT2D eigenvalue weighted by atomic mass is 10.0. The van der Waals surface area contributed by atoms with Gasteiger partial charge in [-0.25, -0.2) is 18.7 Å². The van der Waals surface area contributed by atoms with Crippen LogP contribution in [0, 0.1) is 17.6 Å². The number of primary amides is 1. The molecule has 6 rings (SSSR count). The minimum atomic E-state index is -1.10. The van der Waals surface area contributed by atoms with Crippen molar-refractivity contribution < 1.29 is 13.6 Å². The summed E-state index contributed by atoms with van der Waals surface area (Å²) in [5.74, 6) is -2.10. The number of benzene rings is 4. The van der Waals surface area contributed by atoms with Crippen LogP contribution in [-0.2, 0) is 6.54 Å². The molecule has 1 atom stereocenters. The Morgan fingerprint density at radius 1 is 0.805 bits per heavy atom. The molecule has 1 saturated heterocycles. The summed E-state index contributed by atoms with van der Waals surface area (Å²) in [6.45, 7) is 5.78. The Bertz CT molecular complexity index is 1620. The summed E-state index contributed by atoms with van der Waals surface area (Å²) in [6.07, 6.45) is 2.63. The molecule has 0 unspecified atom stereocenters. The van der Waals surface area contributed by atoms with Crippen molar-refractivity contribution in [2.24, 2.45) is 11.7 Å². The Balaban J connectivity index is 0.000000259. The summed E-state index contributed by atoms with van der Waals surface area (Å²) >= 11 is 0. The van der Waals surface area contributed by atoms with Gasteiger partial charge >= 0.3 is 0 Å². The second-order valence-corrected chi connectivity index (χ2v) is 10.2. The van der Waals surface area contributed by atoms with Gasteiger partial charge in [-0.15, -0.1) is 0 Å². The summed E-state index contributed by atoms with van der Waals surface area (Å²) in [6, 6.07) is 30.5. The molecule has 0 aliphatic carbocycles. The fourth-order valence-electron chi connectivity index (χ4n) is 5.15. The number of carbonyl (C=O) groups is 1. The van der Waals surface area contributed by atoms with Gasteiger partial charge in [-0.3, -0.25) is 9.69 Å². The van der Waals surface area contributed by atoms with Crippen LogP contribution in [0.25, 0.3) is 33.5 Å². The van der Waals surface area contributed by atoms with Crippen LogP contribution in [0.3, 0.4) is 0 Å². The Morgan fingerprint density at radius 3 is 1.88 bits per heavy atom. The molecule has 2 heterocycles. The zero-order valence-corrected chi connectivity index (χ0v) is 22.9. The average molecular weight is 551 g/mol. The van der Waals surface area contributed by atoms with Crippen molar-refractivity contribution >= 4 is 16.9 Å². The fourth-order valence-corrected chi connectivity index (χ4v) is 5.15. The molecule has 5 aromatic rings. The van der Waals surface area contributed by atoms with Crippen molar-refractivity contribution in [2.45, 2.75) is 26.3 Å². The van der Waals surface area contributed by atoms with Gasteiger partial charge in [0.15, 0.2) is 0 Å². The number of nitrogens with zero attached hydrogens (tertiary/aromatic N) is 3. The van der Waals surface area contributed by atoms with E-state index in [1.807, 2.05) is 30.3 Å². The van der Waals surface area contributed by atoms with Gasteiger partial charge in [-0.1, -0.05) is 86.1 Å². The van der Waals surface area contributed by atoms with E-state index < -0.39 is 23.1 Å². The third-order valence-corrected chi connectivity index (χ3v) is 7.41. The van der Waals surface area contributed by atoms with Crippen molar-refractivity contribution in [3.05, 3.63) is 120 Å². The summed E-state index contributed by atoms with van der Waals surface area (Å²) < 4.78 is 25.1. The van der Waals surface area contributed by atoms with Crippen LogP contribution >= 0.6 is 0 Å². The van der Waals surface area contributed by atoms with E-state index in [-0.39, 0.29) is 0 Å².